The molecule has 0 spiro atoms. The summed E-state index contributed by atoms with van der Waals surface area (Å²) in [7, 11) is 0. The molecule has 0 aliphatic rings. The average Bonchev–Trinajstić information content (AvgIpc) is 3.17. The molecule has 1 aromatic heterocycles. The molecule has 10 heteroatoms. The van der Waals surface area contributed by atoms with E-state index in [0.29, 0.717) is 0 Å². The lowest BCUT2D eigenvalue weighted by molar-refractivity contribution is -0.119. The molecule has 1 heterocycles. The van der Waals surface area contributed by atoms with E-state index in [-0.39, 0.29) is 17.1 Å². The zero-order chi connectivity index (χ0) is 21.1. The summed E-state index contributed by atoms with van der Waals surface area (Å²) in [5, 5.41) is 8.34. The first-order valence-corrected chi connectivity index (χ1v) is 8.32. The van der Waals surface area contributed by atoms with Crippen LogP contribution in [0.3, 0.4) is 0 Å². The number of nitrogens with one attached hydrogen (secondary N) is 2. The molecule has 3 rings (SSSR count). The van der Waals surface area contributed by atoms with E-state index in [1.54, 1.807) is 0 Å². The number of amides is 2. The van der Waals surface area contributed by atoms with Crippen molar-refractivity contribution in [2.24, 2.45) is 0 Å². The number of aromatic nitrogens is 2. The highest BCUT2D eigenvalue weighted by Crippen LogP contribution is 2.19. The summed E-state index contributed by atoms with van der Waals surface area (Å²) in [6, 6.07) is 5.47. The van der Waals surface area contributed by atoms with Crippen molar-refractivity contribution in [2.45, 2.75) is 13.0 Å². The van der Waals surface area contributed by atoms with Gasteiger partial charge in [0.1, 0.15) is 29.3 Å². The molecule has 0 aliphatic carbocycles. The molecule has 0 fully saturated rings. The van der Waals surface area contributed by atoms with Gasteiger partial charge < -0.3 is 10.6 Å². The molecule has 0 saturated heterocycles. The Morgan fingerprint density at radius 2 is 1.45 bits per heavy atom. The summed E-state index contributed by atoms with van der Waals surface area (Å²) in [6.45, 7) is 1.42. The first kappa shape index (κ1) is 20.1. The molecular formula is C19H14F4N4O2. The Kier molecular flexibility index (Phi) is 5.62. The lowest BCUT2D eigenvalue weighted by atomic mass is 10.2. The van der Waals surface area contributed by atoms with Gasteiger partial charge >= 0.3 is 0 Å². The molecule has 29 heavy (non-hydrogen) atoms. The number of anilines is 2. The van der Waals surface area contributed by atoms with Gasteiger partial charge in [0, 0.05) is 18.3 Å². The lowest BCUT2D eigenvalue weighted by Crippen LogP contribution is -2.25. The van der Waals surface area contributed by atoms with Gasteiger partial charge in [-0.2, -0.15) is 5.10 Å². The maximum atomic E-state index is 13.7. The zero-order valence-electron chi connectivity index (χ0n) is 14.9. The van der Waals surface area contributed by atoms with Crippen LogP contribution in [-0.2, 0) is 4.79 Å². The van der Waals surface area contributed by atoms with Crippen LogP contribution in [0.4, 0.5) is 28.9 Å². The van der Waals surface area contributed by atoms with Gasteiger partial charge in [-0.05, 0) is 37.3 Å². The maximum Gasteiger partial charge on any atom is 0.276 e. The Hall–Kier alpha value is -3.69. The predicted octanol–water partition coefficient (Wildman–Crippen LogP) is 3.89. The second kappa shape index (κ2) is 8.13. The van der Waals surface area contributed by atoms with Gasteiger partial charge in [0.15, 0.2) is 5.69 Å². The minimum Gasteiger partial charge on any atom is -0.322 e. The topological polar surface area (TPSA) is 76.0 Å². The predicted molar refractivity (Wildman–Crippen MR) is 96.2 cm³/mol. The summed E-state index contributed by atoms with van der Waals surface area (Å²) in [5.74, 6) is -4.63. The maximum absolute atomic E-state index is 13.7. The van der Waals surface area contributed by atoms with Gasteiger partial charge in [0.2, 0.25) is 5.91 Å². The van der Waals surface area contributed by atoms with Crippen LogP contribution in [-0.4, -0.2) is 21.6 Å². The Morgan fingerprint density at radius 3 is 2.03 bits per heavy atom. The van der Waals surface area contributed by atoms with Crippen LogP contribution in [0.15, 0.2) is 48.7 Å². The molecule has 2 N–H and O–H groups in total. The van der Waals surface area contributed by atoms with Gasteiger partial charge in [0.05, 0.1) is 11.4 Å². The quantitative estimate of drug-likeness (QED) is 0.632. The molecule has 2 amide bonds. The van der Waals surface area contributed by atoms with Crippen molar-refractivity contribution < 1.29 is 27.2 Å². The fourth-order valence-corrected chi connectivity index (χ4v) is 2.41. The lowest BCUT2D eigenvalue weighted by Gasteiger charge is -2.13. The normalized spacial score (nSPS) is 11.8. The van der Waals surface area contributed by atoms with Crippen LogP contribution >= 0.6 is 0 Å². The van der Waals surface area contributed by atoms with Gasteiger partial charge in [0.25, 0.3) is 5.91 Å². The van der Waals surface area contributed by atoms with Gasteiger partial charge in [-0.15, -0.1) is 0 Å². The van der Waals surface area contributed by atoms with E-state index >= 15 is 0 Å². The van der Waals surface area contributed by atoms with Crippen molar-refractivity contribution in [2.75, 3.05) is 10.6 Å². The Labute approximate surface area is 162 Å². The molecule has 1 atom stereocenters. The minimum atomic E-state index is -0.981. The second-order valence-electron chi connectivity index (χ2n) is 6.05. The van der Waals surface area contributed by atoms with E-state index in [2.05, 4.69) is 15.7 Å². The fourth-order valence-electron chi connectivity index (χ4n) is 2.41. The first-order valence-electron chi connectivity index (χ1n) is 8.32. The summed E-state index contributed by atoms with van der Waals surface area (Å²) in [6.07, 6.45) is 1.31. The van der Waals surface area contributed by atoms with E-state index in [1.165, 1.54) is 19.2 Å². The van der Waals surface area contributed by atoms with Crippen LogP contribution in [0, 0.1) is 23.3 Å². The third-order valence-electron chi connectivity index (χ3n) is 3.98. The number of benzene rings is 2. The van der Waals surface area contributed by atoms with Crippen LogP contribution in [0.2, 0.25) is 0 Å². The first-order chi connectivity index (χ1) is 13.7. The highest BCUT2D eigenvalue weighted by Gasteiger charge is 2.20. The van der Waals surface area contributed by atoms with Crippen LogP contribution < -0.4 is 10.6 Å². The molecule has 0 saturated carbocycles. The number of nitrogens with zero attached hydrogens (tertiary/aromatic N) is 2. The molecule has 150 valence electrons. The fraction of sp³-hybridized carbons (Fsp3) is 0.105. The molecule has 3 aromatic rings. The van der Waals surface area contributed by atoms with Crippen molar-refractivity contribution in [1.82, 2.24) is 9.78 Å². The molecule has 2 aromatic carbocycles. The number of carbonyl (C=O) groups is 2. The van der Waals surface area contributed by atoms with Crippen molar-refractivity contribution in [1.29, 1.82) is 0 Å². The molecule has 0 bridgehead atoms. The number of rotatable bonds is 5. The third-order valence-corrected chi connectivity index (χ3v) is 3.98. The zero-order valence-corrected chi connectivity index (χ0v) is 14.9. The molecule has 0 radical (unpaired) electrons. The standard InChI is InChI=1S/C19H14F4N4O2/c1-10(18(28)24-16-8-11(20)2-4-13(16)22)27-7-6-15(26-27)19(29)25-17-9-12(21)3-5-14(17)23/h2-10H,1H3,(H,24,28)(H,25,29)/t10-/m1/s1. The highest BCUT2D eigenvalue weighted by atomic mass is 19.1. The van der Waals surface area contributed by atoms with Crippen molar-refractivity contribution in [3.63, 3.8) is 0 Å². The summed E-state index contributed by atoms with van der Waals surface area (Å²) < 4.78 is 54.8. The highest BCUT2D eigenvalue weighted by molar-refractivity contribution is 6.03. The molecule has 0 aliphatic heterocycles. The average molecular weight is 406 g/mol. The SMILES string of the molecule is C[C@H](C(=O)Nc1cc(F)ccc1F)n1ccc(C(=O)Nc2cc(F)ccc2F)n1. The van der Waals surface area contributed by atoms with E-state index in [0.717, 1.165) is 41.1 Å². The Bertz CT molecular complexity index is 1080. The second-order valence-corrected chi connectivity index (χ2v) is 6.05. The van der Waals surface area contributed by atoms with Gasteiger partial charge in [-0.1, -0.05) is 0 Å². The number of carbonyl (C=O) groups excluding carboxylic acids is 2. The monoisotopic (exact) mass is 406 g/mol. The summed E-state index contributed by atoms with van der Waals surface area (Å²) in [5.41, 5.74) is -0.865. The van der Waals surface area contributed by atoms with E-state index in [4.69, 9.17) is 0 Å². The van der Waals surface area contributed by atoms with Gasteiger partial charge in [-0.25, -0.2) is 17.6 Å². The van der Waals surface area contributed by atoms with Crippen molar-refractivity contribution >= 4 is 23.2 Å². The van der Waals surface area contributed by atoms with Crippen LogP contribution in [0.5, 0.6) is 0 Å². The van der Waals surface area contributed by atoms with Crippen LogP contribution in [0.1, 0.15) is 23.5 Å². The Morgan fingerprint density at radius 1 is 0.897 bits per heavy atom. The third kappa shape index (κ3) is 4.60. The van der Waals surface area contributed by atoms with E-state index in [9.17, 15) is 27.2 Å². The molecule has 6 nitrogen and oxygen atoms in total. The van der Waals surface area contributed by atoms with E-state index in [1.807, 2.05) is 0 Å². The van der Waals surface area contributed by atoms with Crippen molar-refractivity contribution in [3.05, 3.63) is 77.6 Å². The molecule has 0 unspecified atom stereocenters. The number of hydrogen-bond acceptors (Lipinski definition) is 3. The van der Waals surface area contributed by atoms with Gasteiger partial charge in [-0.3, -0.25) is 14.3 Å². The molecular weight excluding hydrogens is 392 g/mol. The smallest absolute Gasteiger partial charge is 0.276 e. The van der Waals surface area contributed by atoms with E-state index < -0.39 is 41.1 Å². The largest absolute Gasteiger partial charge is 0.322 e. The Balaban J connectivity index is 1.71. The number of halogens is 4. The summed E-state index contributed by atoms with van der Waals surface area (Å²) >= 11 is 0. The number of hydrogen-bond donors (Lipinski definition) is 2. The minimum absolute atomic E-state index is 0.162. The van der Waals surface area contributed by atoms with Crippen LogP contribution in [0.25, 0.3) is 0 Å². The summed E-state index contributed by atoms with van der Waals surface area (Å²) in [4.78, 5) is 24.5. The van der Waals surface area contributed by atoms with Crippen molar-refractivity contribution in [3.8, 4) is 0 Å².